The molecule has 1 saturated carbocycles. The predicted octanol–water partition coefficient (Wildman–Crippen LogP) is 2.99. The van der Waals surface area contributed by atoms with E-state index in [9.17, 15) is 0 Å². The van der Waals surface area contributed by atoms with E-state index < -0.39 is 0 Å². The van der Waals surface area contributed by atoms with Crippen LogP contribution in [0.5, 0.6) is 0 Å². The molecule has 1 aromatic heterocycles. The first-order chi connectivity index (χ1) is 6.27. The lowest BCUT2D eigenvalue weighted by Crippen LogP contribution is -2.11. The van der Waals surface area contributed by atoms with E-state index in [-0.39, 0.29) is 0 Å². The number of hydrogen-bond acceptors (Lipinski definition) is 3. The minimum atomic E-state index is 0.632. The molecule has 1 aromatic rings. The summed E-state index contributed by atoms with van der Waals surface area (Å²) in [4.78, 5) is 0. The van der Waals surface area contributed by atoms with Gasteiger partial charge in [0, 0.05) is 26.8 Å². The van der Waals surface area contributed by atoms with E-state index in [1.165, 1.54) is 18.4 Å². The van der Waals surface area contributed by atoms with Crippen LogP contribution in [-0.2, 0) is 0 Å². The minimum Gasteiger partial charge on any atom is -0.307 e. The molecule has 1 heterocycles. The molecule has 0 aromatic carbocycles. The van der Waals surface area contributed by atoms with Crippen molar-refractivity contribution in [2.75, 3.05) is 0 Å². The third-order valence-corrected chi connectivity index (χ3v) is 3.70. The topological polar surface area (TPSA) is 24.4 Å². The van der Waals surface area contributed by atoms with Crippen LogP contribution >= 0.6 is 27.3 Å². The zero-order valence-electron chi connectivity index (χ0n) is 7.38. The van der Waals surface area contributed by atoms with E-state index in [4.69, 9.17) is 0 Å². The Morgan fingerprint density at radius 2 is 2.38 bits per heavy atom. The lowest BCUT2D eigenvalue weighted by Gasteiger charge is -1.99. The Kier molecular flexibility index (Phi) is 2.69. The molecule has 4 heteroatoms. The van der Waals surface area contributed by atoms with Crippen molar-refractivity contribution in [3.63, 3.8) is 0 Å². The zero-order valence-corrected chi connectivity index (χ0v) is 9.78. The maximum absolute atomic E-state index is 4.33. The fourth-order valence-corrected chi connectivity index (χ4v) is 2.63. The van der Waals surface area contributed by atoms with Gasteiger partial charge >= 0.3 is 0 Å². The van der Waals surface area contributed by atoms with Crippen LogP contribution in [0.1, 0.15) is 25.3 Å². The Labute approximate surface area is 90.2 Å². The molecule has 0 saturated heterocycles. The van der Waals surface area contributed by atoms with Gasteiger partial charge in [-0.3, -0.25) is 0 Å². The van der Waals surface area contributed by atoms with Gasteiger partial charge in [0.2, 0.25) is 0 Å². The van der Waals surface area contributed by atoms with Gasteiger partial charge in [-0.05, 0) is 35.7 Å². The molecule has 0 spiro atoms. The van der Waals surface area contributed by atoms with E-state index in [0.717, 1.165) is 10.2 Å². The van der Waals surface area contributed by atoms with Gasteiger partial charge in [-0.1, -0.05) is 0 Å². The van der Waals surface area contributed by atoms with Crippen molar-refractivity contribution < 1.29 is 0 Å². The Bertz CT molecular complexity index is 328. The van der Waals surface area contributed by atoms with Gasteiger partial charge in [0.25, 0.3) is 0 Å². The highest BCUT2D eigenvalue weighted by Gasteiger charge is 2.20. The van der Waals surface area contributed by atoms with E-state index in [0.29, 0.717) is 6.04 Å². The molecule has 0 unspecified atom stereocenters. The van der Waals surface area contributed by atoms with Crippen LogP contribution < -0.4 is 5.43 Å². The molecule has 0 amide bonds. The molecule has 2 rings (SSSR count). The first-order valence-corrected chi connectivity index (χ1v) is 6.03. The van der Waals surface area contributed by atoms with Gasteiger partial charge in [0.05, 0.1) is 5.71 Å². The number of thiophene rings is 1. The van der Waals surface area contributed by atoms with Crippen LogP contribution in [0, 0.1) is 0 Å². The van der Waals surface area contributed by atoms with E-state index >= 15 is 0 Å². The standard InChI is InChI=1S/C9H11BrN2S/c1-6(11-12-7-2-3-7)8-4-13-5-9(8)10/h4-5,7,12H,2-3H2,1H3/b11-6-. The largest absolute Gasteiger partial charge is 0.307 e. The summed E-state index contributed by atoms with van der Waals surface area (Å²) >= 11 is 5.18. The molecular formula is C9H11BrN2S. The van der Waals surface area contributed by atoms with E-state index in [2.05, 4.69) is 37.2 Å². The van der Waals surface area contributed by atoms with Crippen LogP contribution in [0.2, 0.25) is 0 Å². The Balaban J connectivity index is 2.06. The second-order valence-electron chi connectivity index (χ2n) is 3.23. The average molecular weight is 259 g/mol. The zero-order chi connectivity index (χ0) is 9.26. The van der Waals surface area contributed by atoms with E-state index in [1.54, 1.807) is 11.3 Å². The third-order valence-electron chi connectivity index (χ3n) is 2.00. The van der Waals surface area contributed by atoms with Crippen molar-refractivity contribution in [3.05, 3.63) is 20.8 Å². The molecule has 1 aliphatic carbocycles. The molecule has 1 N–H and O–H groups in total. The molecule has 1 fully saturated rings. The fraction of sp³-hybridized carbons (Fsp3) is 0.444. The number of rotatable bonds is 3. The second-order valence-corrected chi connectivity index (χ2v) is 4.83. The molecule has 70 valence electrons. The summed E-state index contributed by atoms with van der Waals surface area (Å²) in [6, 6.07) is 0.632. The number of nitrogens with zero attached hydrogens (tertiary/aromatic N) is 1. The highest BCUT2D eigenvalue weighted by molar-refractivity contribution is 9.10. The summed E-state index contributed by atoms with van der Waals surface area (Å²) in [5.41, 5.74) is 5.39. The summed E-state index contributed by atoms with van der Waals surface area (Å²) < 4.78 is 1.14. The van der Waals surface area contributed by atoms with Crippen LogP contribution in [-0.4, -0.2) is 11.8 Å². The van der Waals surface area contributed by atoms with Gasteiger partial charge in [0.1, 0.15) is 0 Å². The summed E-state index contributed by atoms with van der Waals surface area (Å²) in [7, 11) is 0. The maximum atomic E-state index is 4.33. The number of halogens is 1. The van der Waals surface area contributed by atoms with Gasteiger partial charge in [-0.2, -0.15) is 16.4 Å². The van der Waals surface area contributed by atoms with Gasteiger partial charge < -0.3 is 5.43 Å². The summed E-state index contributed by atoms with van der Waals surface area (Å²) in [5, 5.41) is 8.52. The second kappa shape index (κ2) is 3.80. The third kappa shape index (κ3) is 2.31. The fourth-order valence-electron chi connectivity index (χ4n) is 1.00. The minimum absolute atomic E-state index is 0.632. The van der Waals surface area contributed by atoms with Gasteiger partial charge in [0.15, 0.2) is 0 Å². The quantitative estimate of drug-likeness (QED) is 0.655. The van der Waals surface area contributed by atoms with Crippen LogP contribution in [0.25, 0.3) is 0 Å². The Hall–Kier alpha value is -0.350. The summed E-state index contributed by atoms with van der Waals surface area (Å²) in [6.45, 7) is 2.03. The normalized spacial score (nSPS) is 17.5. The maximum Gasteiger partial charge on any atom is 0.0664 e. The lowest BCUT2D eigenvalue weighted by molar-refractivity contribution is 0.737. The number of hydrogen-bond donors (Lipinski definition) is 1. The first kappa shape index (κ1) is 9.21. The first-order valence-electron chi connectivity index (χ1n) is 4.29. The van der Waals surface area contributed by atoms with Gasteiger partial charge in [-0.15, -0.1) is 0 Å². The van der Waals surface area contributed by atoms with Crippen molar-refractivity contribution in [2.24, 2.45) is 5.10 Å². The lowest BCUT2D eigenvalue weighted by atomic mass is 10.2. The molecular weight excluding hydrogens is 248 g/mol. The molecule has 0 bridgehead atoms. The van der Waals surface area contributed by atoms with Crippen molar-refractivity contribution >= 4 is 33.0 Å². The van der Waals surface area contributed by atoms with Crippen LogP contribution in [0.4, 0.5) is 0 Å². The van der Waals surface area contributed by atoms with Crippen molar-refractivity contribution in [3.8, 4) is 0 Å². The average Bonchev–Trinajstić information content (AvgIpc) is 2.84. The molecule has 1 aliphatic rings. The Morgan fingerprint density at radius 3 is 2.92 bits per heavy atom. The smallest absolute Gasteiger partial charge is 0.0664 e. The van der Waals surface area contributed by atoms with Crippen molar-refractivity contribution in [1.82, 2.24) is 5.43 Å². The highest BCUT2D eigenvalue weighted by Crippen LogP contribution is 2.22. The van der Waals surface area contributed by atoms with Crippen molar-refractivity contribution in [2.45, 2.75) is 25.8 Å². The number of nitrogens with one attached hydrogen (secondary N) is 1. The summed E-state index contributed by atoms with van der Waals surface area (Å²) in [5.74, 6) is 0. The number of hydrazone groups is 1. The predicted molar refractivity (Wildman–Crippen MR) is 60.4 cm³/mol. The molecule has 13 heavy (non-hydrogen) atoms. The Morgan fingerprint density at radius 1 is 1.62 bits per heavy atom. The summed E-state index contributed by atoms with van der Waals surface area (Å²) in [6.07, 6.45) is 2.53. The highest BCUT2D eigenvalue weighted by atomic mass is 79.9. The molecule has 0 radical (unpaired) electrons. The monoisotopic (exact) mass is 258 g/mol. The van der Waals surface area contributed by atoms with E-state index in [1.807, 2.05) is 6.92 Å². The van der Waals surface area contributed by atoms with Crippen molar-refractivity contribution in [1.29, 1.82) is 0 Å². The molecule has 0 atom stereocenters. The molecule has 2 nitrogen and oxygen atoms in total. The van der Waals surface area contributed by atoms with Crippen LogP contribution in [0.3, 0.4) is 0 Å². The molecule has 0 aliphatic heterocycles. The van der Waals surface area contributed by atoms with Crippen LogP contribution in [0.15, 0.2) is 20.3 Å². The van der Waals surface area contributed by atoms with Gasteiger partial charge in [-0.25, -0.2) is 0 Å². The SMILES string of the molecule is C/C(=N/NC1CC1)c1cscc1Br.